The van der Waals surface area contributed by atoms with E-state index in [9.17, 15) is 0 Å². The normalized spacial score (nSPS) is 11.0. The van der Waals surface area contributed by atoms with Gasteiger partial charge in [-0.05, 0) is 17.7 Å². The molecule has 0 saturated carbocycles. The van der Waals surface area contributed by atoms with Crippen LogP contribution in [0.3, 0.4) is 0 Å². The predicted molar refractivity (Wildman–Crippen MR) is 109 cm³/mol. The summed E-state index contributed by atoms with van der Waals surface area (Å²) in [6.07, 6.45) is 0. The SMILES string of the molecule is COc1cc2n[n+](OCc3ccccc3)c3cc(OC)c(Cl)cc3c2cc1Cl. The number of fused-ring (bicyclic) bond motifs is 3. The maximum absolute atomic E-state index is 6.37. The van der Waals surface area contributed by atoms with Gasteiger partial charge in [0.2, 0.25) is 0 Å². The molecule has 0 aliphatic carbocycles. The molecule has 5 nitrogen and oxygen atoms in total. The van der Waals surface area contributed by atoms with Crippen LogP contribution in [0.5, 0.6) is 11.5 Å². The lowest BCUT2D eigenvalue weighted by molar-refractivity contribution is -0.918. The molecule has 3 aromatic carbocycles. The summed E-state index contributed by atoms with van der Waals surface area (Å²) in [5.74, 6) is 1.07. The summed E-state index contributed by atoms with van der Waals surface area (Å²) in [6.45, 7) is 0.356. The van der Waals surface area contributed by atoms with Gasteiger partial charge in [0, 0.05) is 11.5 Å². The van der Waals surface area contributed by atoms with E-state index >= 15 is 0 Å². The van der Waals surface area contributed by atoms with Gasteiger partial charge in [-0.25, -0.2) is 4.84 Å². The Morgan fingerprint density at radius 3 is 2.18 bits per heavy atom. The Bertz CT molecular complexity index is 1170. The van der Waals surface area contributed by atoms with Gasteiger partial charge in [-0.1, -0.05) is 53.5 Å². The van der Waals surface area contributed by atoms with E-state index in [4.69, 9.17) is 37.5 Å². The van der Waals surface area contributed by atoms with Crippen LogP contribution in [0, 0.1) is 0 Å². The summed E-state index contributed by atoms with van der Waals surface area (Å²) in [7, 11) is 3.13. The van der Waals surface area contributed by atoms with E-state index in [0.717, 1.165) is 16.3 Å². The Morgan fingerprint density at radius 2 is 1.50 bits per heavy atom. The quantitative estimate of drug-likeness (QED) is 0.352. The molecule has 1 heterocycles. The zero-order valence-corrected chi connectivity index (χ0v) is 16.8. The van der Waals surface area contributed by atoms with Gasteiger partial charge < -0.3 is 9.47 Å². The first-order valence-electron chi connectivity index (χ1n) is 8.54. The summed E-state index contributed by atoms with van der Waals surface area (Å²) in [5.41, 5.74) is 2.41. The van der Waals surface area contributed by atoms with Crippen molar-refractivity contribution in [3.63, 3.8) is 0 Å². The number of halogens is 2. The lowest BCUT2D eigenvalue weighted by Crippen LogP contribution is -2.46. The average Bonchev–Trinajstić information content (AvgIpc) is 2.72. The van der Waals surface area contributed by atoms with Gasteiger partial charge in [0.1, 0.15) is 21.9 Å². The lowest BCUT2D eigenvalue weighted by atomic mass is 10.1. The first-order chi connectivity index (χ1) is 13.6. The van der Waals surface area contributed by atoms with Crippen LogP contribution in [-0.2, 0) is 6.61 Å². The standard InChI is InChI=1S/C21H17Cl2N2O3/c1-26-20-10-18-14(8-16(20)22)15-9-17(23)21(27-2)11-19(15)25(24-18)28-12-13-6-4-3-5-7-13/h3-11H,12H2,1-2H3/q+1. The molecule has 0 N–H and O–H groups in total. The second-order valence-corrected chi connectivity index (χ2v) is 6.95. The third kappa shape index (κ3) is 3.39. The Hall–Kier alpha value is -2.76. The number of methoxy groups -OCH3 is 2. The van der Waals surface area contributed by atoms with Crippen LogP contribution in [0.1, 0.15) is 5.56 Å². The van der Waals surface area contributed by atoms with E-state index in [1.165, 1.54) is 4.85 Å². The Kier molecular flexibility index (Phi) is 5.11. The lowest BCUT2D eigenvalue weighted by Gasteiger charge is -2.08. The van der Waals surface area contributed by atoms with E-state index < -0.39 is 0 Å². The van der Waals surface area contributed by atoms with E-state index in [0.29, 0.717) is 39.2 Å². The monoisotopic (exact) mass is 415 g/mol. The van der Waals surface area contributed by atoms with Gasteiger partial charge in [-0.15, -0.1) is 0 Å². The molecule has 0 bridgehead atoms. The first kappa shape index (κ1) is 18.6. The smallest absolute Gasteiger partial charge is 0.301 e. The molecule has 7 heteroatoms. The van der Waals surface area contributed by atoms with E-state index in [2.05, 4.69) is 5.10 Å². The second kappa shape index (κ2) is 7.70. The van der Waals surface area contributed by atoms with E-state index in [-0.39, 0.29) is 0 Å². The Morgan fingerprint density at radius 1 is 0.857 bits per heavy atom. The maximum Gasteiger partial charge on any atom is 0.301 e. The molecule has 0 saturated heterocycles. The topological polar surface area (TPSA) is 44.5 Å². The molecule has 0 aliphatic rings. The number of rotatable bonds is 5. The molecule has 0 radical (unpaired) electrons. The average molecular weight is 416 g/mol. The largest absolute Gasteiger partial charge is 0.495 e. The molecule has 0 atom stereocenters. The number of benzene rings is 3. The number of hydrogen-bond donors (Lipinski definition) is 0. The molecule has 0 fully saturated rings. The molecular formula is C21H17Cl2N2O3+. The summed E-state index contributed by atoms with van der Waals surface area (Å²) in [5, 5.41) is 7.29. The molecule has 142 valence electrons. The fourth-order valence-corrected chi connectivity index (χ4v) is 3.51. The minimum Gasteiger partial charge on any atom is -0.495 e. The number of aromatic nitrogens is 2. The van der Waals surface area contributed by atoms with Crippen LogP contribution < -0.4 is 19.2 Å². The highest BCUT2D eigenvalue weighted by atomic mass is 35.5. The van der Waals surface area contributed by atoms with Crippen molar-refractivity contribution < 1.29 is 19.2 Å². The predicted octanol–water partition coefficient (Wildman–Crippen LogP) is 4.63. The van der Waals surface area contributed by atoms with Gasteiger partial charge in [-0.3, -0.25) is 0 Å². The van der Waals surface area contributed by atoms with Crippen molar-refractivity contribution in [2.45, 2.75) is 6.61 Å². The highest BCUT2D eigenvalue weighted by Gasteiger charge is 2.22. The van der Waals surface area contributed by atoms with Crippen LogP contribution in [-0.4, -0.2) is 19.3 Å². The van der Waals surface area contributed by atoms with Crippen molar-refractivity contribution in [1.29, 1.82) is 0 Å². The van der Waals surface area contributed by atoms with Crippen LogP contribution >= 0.6 is 23.2 Å². The van der Waals surface area contributed by atoms with Crippen molar-refractivity contribution in [3.8, 4) is 11.5 Å². The van der Waals surface area contributed by atoms with E-state index in [1.807, 2.05) is 42.5 Å². The molecule has 0 amide bonds. The molecule has 0 unspecified atom stereocenters. The molecule has 4 rings (SSSR count). The van der Waals surface area contributed by atoms with Crippen molar-refractivity contribution in [3.05, 3.63) is 70.2 Å². The zero-order chi connectivity index (χ0) is 19.7. The van der Waals surface area contributed by atoms with Crippen LogP contribution in [0.25, 0.3) is 21.8 Å². The van der Waals surface area contributed by atoms with Gasteiger partial charge in [0.25, 0.3) is 0 Å². The van der Waals surface area contributed by atoms with Gasteiger partial charge in [0.15, 0.2) is 6.61 Å². The van der Waals surface area contributed by atoms with Crippen molar-refractivity contribution >= 4 is 45.0 Å². The van der Waals surface area contributed by atoms with Crippen molar-refractivity contribution in [2.24, 2.45) is 0 Å². The Labute approximate surface area is 171 Å². The molecule has 0 aliphatic heterocycles. The van der Waals surface area contributed by atoms with Gasteiger partial charge >= 0.3 is 5.52 Å². The van der Waals surface area contributed by atoms with Crippen LogP contribution in [0.15, 0.2) is 54.6 Å². The third-order valence-corrected chi connectivity index (χ3v) is 5.02. The molecule has 1 aromatic heterocycles. The number of nitrogens with zero attached hydrogens (tertiary/aromatic N) is 2. The Balaban J connectivity index is 1.93. The van der Waals surface area contributed by atoms with Crippen molar-refractivity contribution in [2.75, 3.05) is 14.2 Å². The van der Waals surface area contributed by atoms with Crippen LogP contribution in [0.4, 0.5) is 0 Å². The van der Waals surface area contributed by atoms with Gasteiger partial charge in [0.05, 0.1) is 40.8 Å². The molecular weight excluding hydrogens is 399 g/mol. The zero-order valence-electron chi connectivity index (χ0n) is 15.3. The number of hydrogen-bond acceptors (Lipinski definition) is 4. The summed E-state index contributed by atoms with van der Waals surface area (Å²) in [6, 6.07) is 17.1. The highest BCUT2D eigenvalue weighted by Crippen LogP contribution is 2.35. The second-order valence-electron chi connectivity index (χ2n) is 6.14. The summed E-state index contributed by atoms with van der Waals surface area (Å²) < 4.78 is 10.7. The minimum atomic E-state index is 0.356. The summed E-state index contributed by atoms with van der Waals surface area (Å²) >= 11 is 12.7. The molecule has 28 heavy (non-hydrogen) atoms. The van der Waals surface area contributed by atoms with Crippen molar-refractivity contribution in [1.82, 2.24) is 5.10 Å². The first-order valence-corrected chi connectivity index (χ1v) is 9.30. The highest BCUT2D eigenvalue weighted by molar-refractivity contribution is 6.34. The van der Waals surface area contributed by atoms with E-state index in [1.54, 1.807) is 26.4 Å². The number of ether oxygens (including phenoxy) is 2. The molecule has 4 aromatic rings. The maximum atomic E-state index is 6.37. The summed E-state index contributed by atoms with van der Waals surface area (Å²) in [4.78, 5) is 7.47. The van der Waals surface area contributed by atoms with Gasteiger partial charge in [-0.2, -0.15) is 0 Å². The fourth-order valence-electron chi connectivity index (χ4n) is 3.03. The fraction of sp³-hybridized carbons (Fsp3) is 0.143. The minimum absolute atomic E-state index is 0.356. The molecule has 0 spiro atoms. The third-order valence-electron chi connectivity index (χ3n) is 4.43. The van der Waals surface area contributed by atoms with Crippen LogP contribution in [0.2, 0.25) is 10.0 Å².